The predicted octanol–water partition coefficient (Wildman–Crippen LogP) is 2.50. The van der Waals surface area contributed by atoms with E-state index in [2.05, 4.69) is 50.8 Å². The van der Waals surface area contributed by atoms with Crippen LogP contribution < -0.4 is 5.32 Å². The summed E-state index contributed by atoms with van der Waals surface area (Å²) in [6.45, 7) is 13.4. The fourth-order valence-corrected chi connectivity index (χ4v) is 2.85. The molecule has 0 aromatic carbocycles. The van der Waals surface area contributed by atoms with Crippen molar-refractivity contribution < 1.29 is 0 Å². The van der Waals surface area contributed by atoms with Gasteiger partial charge >= 0.3 is 0 Å². The largest absolute Gasteiger partial charge is 0.314 e. The van der Waals surface area contributed by atoms with E-state index in [1.54, 1.807) is 0 Å². The van der Waals surface area contributed by atoms with Crippen LogP contribution in [0.25, 0.3) is 0 Å². The maximum absolute atomic E-state index is 5.65. The van der Waals surface area contributed by atoms with Gasteiger partial charge in [0.25, 0.3) is 0 Å². The highest BCUT2D eigenvalue weighted by molar-refractivity contribution is 5.11. The summed E-state index contributed by atoms with van der Waals surface area (Å²) in [5.74, 6) is 3.58. The van der Waals surface area contributed by atoms with Gasteiger partial charge in [-0.25, -0.2) is 0 Å². The smallest absolute Gasteiger partial charge is 0.0768 e. The van der Waals surface area contributed by atoms with Crippen molar-refractivity contribution in [1.82, 2.24) is 10.2 Å². The molecule has 0 saturated carbocycles. The van der Waals surface area contributed by atoms with E-state index in [1.807, 2.05) is 0 Å². The number of hydrogen-bond acceptors (Lipinski definition) is 2. The Labute approximate surface area is 107 Å². The van der Waals surface area contributed by atoms with Gasteiger partial charge in [-0.1, -0.05) is 19.8 Å². The molecule has 0 radical (unpaired) electrons. The number of terminal acetylenes is 1. The van der Waals surface area contributed by atoms with Gasteiger partial charge in [-0.2, -0.15) is 0 Å². The highest BCUT2D eigenvalue weighted by Crippen LogP contribution is 2.29. The minimum absolute atomic E-state index is 0.122. The fraction of sp³-hybridized carbons (Fsp3) is 0.867. The average molecular weight is 236 g/mol. The van der Waals surface area contributed by atoms with Crippen LogP contribution in [0.3, 0.4) is 0 Å². The molecule has 3 unspecified atom stereocenters. The van der Waals surface area contributed by atoms with E-state index in [9.17, 15) is 0 Å². The minimum atomic E-state index is -0.122. The predicted molar refractivity (Wildman–Crippen MR) is 74.9 cm³/mol. The second-order valence-corrected chi connectivity index (χ2v) is 5.85. The Balaban J connectivity index is 2.66. The zero-order valence-electron chi connectivity index (χ0n) is 12.1. The SMILES string of the molecule is C#CC(C)(C)N1CCC(NCCC)C(C)C1C. The first-order chi connectivity index (χ1) is 7.94. The van der Waals surface area contributed by atoms with Crippen molar-refractivity contribution in [2.24, 2.45) is 5.92 Å². The lowest BCUT2D eigenvalue weighted by molar-refractivity contribution is 0.0317. The summed E-state index contributed by atoms with van der Waals surface area (Å²) in [6.07, 6.45) is 8.06. The van der Waals surface area contributed by atoms with E-state index in [-0.39, 0.29) is 5.54 Å². The molecule has 2 heteroatoms. The lowest BCUT2D eigenvalue weighted by atomic mass is 9.83. The number of hydrogen-bond donors (Lipinski definition) is 1. The molecule has 1 aliphatic heterocycles. The molecule has 1 heterocycles. The zero-order chi connectivity index (χ0) is 13.1. The molecule has 0 aliphatic carbocycles. The minimum Gasteiger partial charge on any atom is -0.314 e. The van der Waals surface area contributed by atoms with Gasteiger partial charge in [-0.15, -0.1) is 6.42 Å². The average Bonchev–Trinajstić information content (AvgIpc) is 2.30. The van der Waals surface area contributed by atoms with Crippen LogP contribution in [0, 0.1) is 18.3 Å². The Bertz CT molecular complexity index is 277. The van der Waals surface area contributed by atoms with Gasteiger partial charge in [-0.05, 0) is 46.1 Å². The summed E-state index contributed by atoms with van der Waals surface area (Å²) in [7, 11) is 0. The van der Waals surface area contributed by atoms with Crippen LogP contribution in [0.5, 0.6) is 0 Å². The Morgan fingerprint density at radius 1 is 1.41 bits per heavy atom. The summed E-state index contributed by atoms with van der Waals surface area (Å²) in [5, 5.41) is 3.66. The molecule has 2 nitrogen and oxygen atoms in total. The van der Waals surface area contributed by atoms with Crippen molar-refractivity contribution >= 4 is 0 Å². The highest BCUT2D eigenvalue weighted by atomic mass is 15.2. The van der Waals surface area contributed by atoms with Gasteiger partial charge in [0.05, 0.1) is 5.54 Å². The molecule has 1 saturated heterocycles. The molecule has 1 aliphatic rings. The normalized spacial score (nSPS) is 31.2. The molecule has 1 fully saturated rings. The van der Waals surface area contributed by atoms with E-state index >= 15 is 0 Å². The summed E-state index contributed by atoms with van der Waals surface area (Å²) in [6, 6.07) is 1.19. The molecule has 0 bridgehead atoms. The van der Waals surface area contributed by atoms with Crippen molar-refractivity contribution in [3.63, 3.8) is 0 Å². The van der Waals surface area contributed by atoms with Gasteiger partial charge in [0.2, 0.25) is 0 Å². The van der Waals surface area contributed by atoms with E-state index < -0.39 is 0 Å². The van der Waals surface area contributed by atoms with Crippen molar-refractivity contribution in [2.75, 3.05) is 13.1 Å². The molecule has 0 aromatic heterocycles. The molecular weight excluding hydrogens is 208 g/mol. The molecule has 0 spiro atoms. The summed E-state index contributed by atoms with van der Waals surface area (Å²) in [4.78, 5) is 2.47. The van der Waals surface area contributed by atoms with Crippen LogP contribution in [-0.2, 0) is 0 Å². The maximum atomic E-state index is 5.65. The standard InChI is InChI=1S/C15H28N2/c1-7-10-16-14-9-11-17(13(4)12(14)3)15(5,6)8-2/h2,12-14,16H,7,9-11H2,1,3-6H3. The van der Waals surface area contributed by atoms with E-state index in [0.717, 1.165) is 13.1 Å². The van der Waals surface area contributed by atoms with E-state index in [1.165, 1.54) is 12.8 Å². The first-order valence-corrected chi connectivity index (χ1v) is 6.92. The first kappa shape index (κ1) is 14.5. The number of piperidine rings is 1. The molecule has 98 valence electrons. The highest BCUT2D eigenvalue weighted by Gasteiger charge is 2.38. The van der Waals surface area contributed by atoms with Gasteiger partial charge in [-0.3, -0.25) is 4.90 Å². The van der Waals surface area contributed by atoms with Crippen LogP contribution in [-0.4, -0.2) is 35.6 Å². The van der Waals surface area contributed by atoms with Gasteiger partial charge in [0.1, 0.15) is 0 Å². The Hall–Kier alpha value is -0.520. The molecule has 0 amide bonds. The van der Waals surface area contributed by atoms with Crippen LogP contribution in [0.2, 0.25) is 0 Å². The lowest BCUT2D eigenvalue weighted by Crippen LogP contribution is -2.59. The summed E-state index contributed by atoms with van der Waals surface area (Å²) >= 11 is 0. The van der Waals surface area contributed by atoms with Crippen LogP contribution >= 0.6 is 0 Å². The van der Waals surface area contributed by atoms with Crippen molar-refractivity contribution in [3.05, 3.63) is 0 Å². The fourth-order valence-electron chi connectivity index (χ4n) is 2.85. The molecular formula is C15H28N2. The van der Waals surface area contributed by atoms with Gasteiger partial charge in [0.15, 0.2) is 0 Å². The Morgan fingerprint density at radius 3 is 2.59 bits per heavy atom. The topological polar surface area (TPSA) is 15.3 Å². The third-order valence-electron chi connectivity index (χ3n) is 4.30. The second-order valence-electron chi connectivity index (χ2n) is 5.85. The summed E-state index contributed by atoms with van der Waals surface area (Å²) in [5.41, 5.74) is -0.122. The molecule has 17 heavy (non-hydrogen) atoms. The second kappa shape index (κ2) is 5.89. The third-order valence-corrected chi connectivity index (χ3v) is 4.30. The van der Waals surface area contributed by atoms with E-state index in [4.69, 9.17) is 6.42 Å². The number of nitrogens with zero attached hydrogens (tertiary/aromatic N) is 1. The monoisotopic (exact) mass is 236 g/mol. The van der Waals surface area contributed by atoms with Crippen LogP contribution in [0.4, 0.5) is 0 Å². The molecule has 1 N–H and O–H groups in total. The van der Waals surface area contributed by atoms with Crippen molar-refractivity contribution in [2.45, 2.75) is 65.1 Å². The van der Waals surface area contributed by atoms with Crippen molar-refractivity contribution in [1.29, 1.82) is 0 Å². The van der Waals surface area contributed by atoms with Gasteiger partial charge in [0, 0.05) is 18.6 Å². The van der Waals surface area contributed by atoms with Crippen LogP contribution in [0.15, 0.2) is 0 Å². The molecule has 0 aromatic rings. The Morgan fingerprint density at radius 2 is 2.06 bits per heavy atom. The zero-order valence-corrected chi connectivity index (χ0v) is 12.1. The molecule has 3 atom stereocenters. The van der Waals surface area contributed by atoms with Crippen LogP contribution in [0.1, 0.15) is 47.5 Å². The number of rotatable bonds is 4. The number of nitrogens with one attached hydrogen (secondary N) is 1. The van der Waals surface area contributed by atoms with Gasteiger partial charge < -0.3 is 5.32 Å². The first-order valence-electron chi connectivity index (χ1n) is 6.92. The Kier molecular flexibility index (Phi) is 5.04. The van der Waals surface area contributed by atoms with E-state index in [0.29, 0.717) is 18.0 Å². The molecule has 1 rings (SSSR count). The number of likely N-dealkylation sites (tertiary alicyclic amines) is 1. The third kappa shape index (κ3) is 3.24. The maximum Gasteiger partial charge on any atom is 0.0768 e. The summed E-state index contributed by atoms with van der Waals surface area (Å²) < 4.78 is 0. The quantitative estimate of drug-likeness (QED) is 0.755. The van der Waals surface area contributed by atoms with Crippen molar-refractivity contribution in [3.8, 4) is 12.3 Å². The lowest BCUT2D eigenvalue weighted by Gasteiger charge is -2.48.